The molecule has 1 aliphatic heterocycles. The summed E-state index contributed by atoms with van der Waals surface area (Å²) in [5.74, 6) is -1.44. The summed E-state index contributed by atoms with van der Waals surface area (Å²) in [5, 5.41) is 5.23. The number of nitrogens with zero attached hydrogens (tertiary/aromatic N) is 1. The van der Waals surface area contributed by atoms with Gasteiger partial charge in [0.25, 0.3) is 5.91 Å². The second kappa shape index (κ2) is 6.02. The van der Waals surface area contributed by atoms with Crippen LogP contribution in [0.15, 0.2) is 66.7 Å². The van der Waals surface area contributed by atoms with E-state index in [0.717, 1.165) is 21.4 Å². The first-order valence-corrected chi connectivity index (χ1v) is 8.00. The van der Waals surface area contributed by atoms with Gasteiger partial charge in [-0.2, -0.15) is 0 Å². The quantitative estimate of drug-likeness (QED) is 0.743. The van der Waals surface area contributed by atoms with Crippen LogP contribution in [0.2, 0.25) is 0 Å². The molecule has 0 radical (unpaired) electrons. The van der Waals surface area contributed by atoms with Gasteiger partial charge in [-0.15, -0.1) is 0 Å². The number of carbonyl (C=O) groups is 2. The van der Waals surface area contributed by atoms with E-state index in [1.54, 1.807) is 6.07 Å². The molecule has 1 N–H and O–H groups in total. The van der Waals surface area contributed by atoms with Crippen LogP contribution in [0.4, 0.5) is 15.8 Å². The molecule has 0 bridgehead atoms. The molecule has 3 aromatic carbocycles. The maximum absolute atomic E-state index is 14.0. The van der Waals surface area contributed by atoms with Crippen LogP contribution in [0.25, 0.3) is 10.8 Å². The highest BCUT2D eigenvalue weighted by Crippen LogP contribution is 2.28. The third-order valence-electron chi connectivity index (χ3n) is 4.33. The molecule has 0 spiro atoms. The number of benzene rings is 3. The molecular weight excluding hydrogens is 319 g/mol. The Morgan fingerprint density at radius 3 is 2.44 bits per heavy atom. The van der Waals surface area contributed by atoms with Crippen molar-refractivity contribution in [3.05, 3.63) is 72.5 Å². The van der Waals surface area contributed by atoms with Crippen LogP contribution in [-0.2, 0) is 9.59 Å². The zero-order valence-electron chi connectivity index (χ0n) is 13.3. The summed E-state index contributed by atoms with van der Waals surface area (Å²) in [4.78, 5) is 25.8. The van der Waals surface area contributed by atoms with Crippen molar-refractivity contribution in [3.8, 4) is 0 Å². The molecule has 1 fully saturated rings. The lowest BCUT2D eigenvalue weighted by atomic mass is 10.1. The lowest BCUT2D eigenvalue weighted by molar-refractivity contribution is -0.121. The highest BCUT2D eigenvalue weighted by Gasteiger charge is 2.40. The third kappa shape index (κ3) is 2.74. The number of para-hydroxylation sites is 1. The molecule has 5 heteroatoms. The minimum Gasteiger partial charge on any atom is -0.373 e. The predicted molar refractivity (Wildman–Crippen MR) is 94.9 cm³/mol. The Bertz CT molecular complexity index is 986. The molecule has 4 nitrogen and oxygen atoms in total. The number of carbonyl (C=O) groups excluding carboxylic acids is 2. The maximum atomic E-state index is 14.0. The minimum atomic E-state index is -0.701. The summed E-state index contributed by atoms with van der Waals surface area (Å²) in [7, 11) is 0. The first kappa shape index (κ1) is 15.3. The summed E-state index contributed by atoms with van der Waals surface area (Å²) in [5.41, 5.74) is 0.751. The summed E-state index contributed by atoms with van der Waals surface area (Å²) in [6.45, 7) is 0. The van der Waals surface area contributed by atoms with Gasteiger partial charge in [0.1, 0.15) is 11.9 Å². The Hall–Kier alpha value is -3.21. The molecule has 1 saturated heterocycles. The molecule has 1 heterocycles. The number of fused-ring (bicyclic) bond motifs is 1. The lowest BCUT2D eigenvalue weighted by Crippen LogP contribution is -2.35. The average molecular weight is 334 g/mol. The fourth-order valence-electron chi connectivity index (χ4n) is 3.11. The summed E-state index contributed by atoms with van der Waals surface area (Å²) < 4.78 is 14.0. The normalized spacial score (nSPS) is 17.3. The van der Waals surface area contributed by atoms with Crippen LogP contribution in [0.5, 0.6) is 0 Å². The van der Waals surface area contributed by atoms with Crippen LogP contribution < -0.4 is 10.2 Å². The molecule has 0 unspecified atom stereocenters. The minimum absolute atomic E-state index is 0.00000551. The summed E-state index contributed by atoms with van der Waals surface area (Å²) in [6, 6.07) is 18.7. The standard InChI is InChI=1S/C20H15FN2O2/c21-16-7-3-4-8-18(16)23-19(24)12-17(20(23)25)22-15-10-9-13-5-1-2-6-14(13)11-15/h1-11,17,22H,12H2/t17-/m0/s1. The molecule has 0 aliphatic carbocycles. The molecule has 4 rings (SSSR count). The van der Waals surface area contributed by atoms with Crippen molar-refractivity contribution in [1.82, 2.24) is 0 Å². The molecular formula is C20H15FN2O2. The van der Waals surface area contributed by atoms with E-state index in [1.807, 2.05) is 42.5 Å². The summed E-state index contributed by atoms with van der Waals surface area (Å²) >= 11 is 0. The van der Waals surface area contributed by atoms with Crippen LogP contribution in [0, 0.1) is 5.82 Å². The zero-order chi connectivity index (χ0) is 17.4. The molecule has 0 saturated carbocycles. The second-order valence-electron chi connectivity index (χ2n) is 5.98. The Morgan fingerprint density at radius 1 is 0.920 bits per heavy atom. The van der Waals surface area contributed by atoms with Gasteiger partial charge in [0.15, 0.2) is 0 Å². The first-order chi connectivity index (χ1) is 12.1. The van der Waals surface area contributed by atoms with Crippen LogP contribution in [0.1, 0.15) is 6.42 Å². The van der Waals surface area contributed by atoms with E-state index in [9.17, 15) is 14.0 Å². The molecule has 1 atom stereocenters. The van der Waals surface area contributed by atoms with E-state index < -0.39 is 23.7 Å². The van der Waals surface area contributed by atoms with E-state index >= 15 is 0 Å². The van der Waals surface area contributed by atoms with Gasteiger partial charge >= 0.3 is 0 Å². The van der Waals surface area contributed by atoms with Gasteiger partial charge in [0, 0.05) is 5.69 Å². The van der Waals surface area contributed by atoms with E-state index in [-0.39, 0.29) is 12.1 Å². The summed E-state index contributed by atoms with van der Waals surface area (Å²) in [6.07, 6.45) is -0.00000551. The van der Waals surface area contributed by atoms with Crippen molar-refractivity contribution in [2.24, 2.45) is 0 Å². The number of rotatable bonds is 3. The number of halogens is 1. The average Bonchev–Trinajstić information content (AvgIpc) is 2.89. The fraction of sp³-hybridized carbons (Fsp3) is 0.100. The first-order valence-electron chi connectivity index (χ1n) is 8.00. The molecule has 2 amide bonds. The van der Waals surface area contributed by atoms with Crippen LogP contribution in [-0.4, -0.2) is 17.9 Å². The highest BCUT2D eigenvalue weighted by molar-refractivity contribution is 6.23. The highest BCUT2D eigenvalue weighted by atomic mass is 19.1. The monoisotopic (exact) mass is 334 g/mol. The van der Waals surface area contributed by atoms with Gasteiger partial charge in [0.2, 0.25) is 5.91 Å². The zero-order valence-corrected chi connectivity index (χ0v) is 13.3. The van der Waals surface area contributed by atoms with Crippen LogP contribution in [0.3, 0.4) is 0 Å². The number of hydrogen-bond acceptors (Lipinski definition) is 3. The molecule has 0 aromatic heterocycles. The van der Waals surface area contributed by atoms with Gasteiger partial charge in [-0.3, -0.25) is 9.59 Å². The number of anilines is 2. The van der Waals surface area contributed by atoms with Crippen molar-refractivity contribution in [1.29, 1.82) is 0 Å². The number of imide groups is 1. The second-order valence-corrected chi connectivity index (χ2v) is 5.98. The van der Waals surface area contributed by atoms with Crippen molar-refractivity contribution >= 4 is 34.0 Å². The van der Waals surface area contributed by atoms with E-state index in [0.29, 0.717) is 0 Å². The van der Waals surface area contributed by atoms with Crippen LogP contribution >= 0.6 is 0 Å². The third-order valence-corrected chi connectivity index (χ3v) is 4.33. The Labute approximate surface area is 143 Å². The molecule has 25 heavy (non-hydrogen) atoms. The lowest BCUT2D eigenvalue weighted by Gasteiger charge is -2.16. The van der Waals surface area contributed by atoms with E-state index in [1.165, 1.54) is 18.2 Å². The Morgan fingerprint density at radius 2 is 1.64 bits per heavy atom. The number of hydrogen-bond donors (Lipinski definition) is 1. The van der Waals surface area contributed by atoms with Gasteiger partial charge in [0.05, 0.1) is 12.1 Å². The van der Waals surface area contributed by atoms with Crippen molar-refractivity contribution in [2.75, 3.05) is 10.2 Å². The van der Waals surface area contributed by atoms with Gasteiger partial charge in [-0.25, -0.2) is 9.29 Å². The van der Waals surface area contributed by atoms with Gasteiger partial charge < -0.3 is 5.32 Å². The predicted octanol–water partition coefficient (Wildman–Crippen LogP) is 3.72. The largest absolute Gasteiger partial charge is 0.373 e. The van der Waals surface area contributed by atoms with E-state index in [4.69, 9.17) is 0 Å². The van der Waals surface area contributed by atoms with Crippen molar-refractivity contribution in [2.45, 2.75) is 12.5 Å². The Kier molecular flexibility index (Phi) is 3.69. The number of nitrogens with one attached hydrogen (secondary N) is 1. The SMILES string of the molecule is O=C1C[C@H](Nc2ccc3ccccc3c2)C(=O)N1c1ccccc1F. The van der Waals surface area contributed by atoms with Crippen molar-refractivity contribution < 1.29 is 14.0 Å². The smallest absolute Gasteiger partial charge is 0.256 e. The van der Waals surface area contributed by atoms with E-state index in [2.05, 4.69) is 5.32 Å². The number of amides is 2. The molecule has 3 aromatic rings. The van der Waals surface area contributed by atoms with Crippen molar-refractivity contribution in [3.63, 3.8) is 0 Å². The van der Waals surface area contributed by atoms with Gasteiger partial charge in [-0.05, 0) is 35.0 Å². The Balaban J connectivity index is 1.60. The molecule has 1 aliphatic rings. The molecule has 124 valence electrons. The maximum Gasteiger partial charge on any atom is 0.256 e. The fourth-order valence-corrected chi connectivity index (χ4v) is 3.11. The topological polar surface area (TPSA) is 49.4 Å². The van der Waals surface area contributed by atoms with Gasteiger partial charge in [-0.1, -0.05) is 42.5 Å².